The molecule has 0 nitrogen and oxygen atoms in total. The molecule has 0 aliphatic heterocycles. The van der Waals surface area contributed by atoms with Gasteiger partial charge in [-0.1, -0.05) is 13.8 Å². The molecule has 38 valence electrons. The molecular weight excluding hydrogens is 84.1 g/mol. The average molecular weight is 94.2 g/mol. The minimum absolute atomic E-state index is 0.361. The highest BCUT2D eigenvalue weighted by Gasteiger charge is 2.20. The first kappa shape index (κ1) is 4.67. The van der Waals surface area contributed by atoms with Gasteiger partial charge in [0.05, 0.1) is 0 Å². The Morgan fingerprint density at radius 2 is 2.00 bits per heavy atom. The molecule has 0 spiro atoms. The summed E-state index contributed by atoms with van der Waals surface area (Å²) in [5, 5.41) is 0. The lowest BCUT2D eigenvalue weighted by molar-refractivity contribution is 0.554. The zero-order valence-electron chi connectivity index (χ0n) is 5.08. The van der Waals surface area contributed by atoms with E-state index < -0.39 is 0 Å². The first-order valence-electron chi connectivity index (χ1n) is 2.58. The third kappa shape index (κ3) is 0.515. The highest BCUT2D eigenvalue weighted by atomic mass is 14.2. The molecule has 0 atom stereocenters. The molecule has 0 aromatic rings. The van der Waals surface area contributed by atoms with Gasteiger partial charge >= 0.3 is 0 Å². The zero-order chi connectivity index (χ0) is 5.49. The van der Waals surface area contributed by atoms with Crippen molar-refractivity contribution < 1.29 is 0 Å². The van der Waals surface area contributed by atoms with Crippen LogP contribution in [-0.4, -0.2) is 0 Å². The largest absolute Gasteiger partial charge is 0.125 e. The predicted octanol–water partition coefficient (Wildman–Crippen LogP) is 2.13. The van der Waals surface area contributed by atoms with Crippen LogP contribution in [-0.2, 0) is 0 Å². The van der Waals surface area contributed by atoms with Crippen LogP contribution in [0.4, 0.5) is 0 Å². The van der Waals surface area contributed by atoms with Crippen LogP contribution in [0.2, 0.25) is 0 Å². The van der Waals surface area contributed by atoms with Gasteiger partial charge in [0.25, 0.3) is 0 Å². The number of allylic oxidation sites excluding steroid dienone is 1. The molecule has 7 heavy (non-hydrogen) atoms. The van der Waals surface area contributed by atoms with Gasteiger partial charge in [0.15, 0.2) is 0 Å². The second-order valence-corrected chi connectivity index (χ2v) is 2.64. The fourth-order valence-electron chi connectivity index (χ4n) is 0.505. The second-order valence-electron chi connectivity index (χ2n) is 2.64. The Labute approximate surface area is 44.5 Å². The van der Waals surface area contributed by atoms with E-state index in [2.05, 4.69) is 32.6 Å². The van der Waals surface area contributed by atoms with Gasteiger partial charge < -0.3 is 0 Å². The highest BCUT2D eigenvalue weighted by Crippen LogP contribution is 2.32. The quantitative estimate of drug-likeness (QED) is 0.403. The van der Waals surface area contributed by atoms with Crippen LogP contribution >= 0.6 is 0 Å². The average Bonchev–Trinajstić information content (AvgIpc) is 1.63. The van der Waals surface area contributed by atoms with E-state index in [1.54, 1.807) is 0 Å². The van der Waals surface area contributed by atoms with Crippen molar-refractivity contribution in [2.24, 2.45) is 5.41 Å². The van der Waals surface area contributed by atoms with E-state index in [0.29, 0.717) is 5.41 Å². The van der Waals surface area contributed by atoms with E-state index >= 15 is 0 Å². The molecule has 0 radical (unpaired) electrons. The van der Waals surface area contributed by atoms with Crippen molar-refractivity contribution in [1.29, 1.82) is 0 Å². The monoisotopic (exact) mass is 94.1 g/mol. The number of hydrogen-bond donors (Lipinski definition) is 0. The van der Waals surface area contributed by atoms with Crippen LogP contribution in [0.25, 0.3) is 0 Å². The van der Waals surface area contributed by atoms with Crippen molar-refractivity contribution in [2.45, 2.75) is 20.8 Å². The second kappa shape index (κ2) is 1.02. The number of rotatable bonds is 0. The predicted molar refractivity (Wildman–Crippen MR) is 31.1 cm³/mol. The lowest BCUT2D eigenvalue weighted by Crippen LogP contribution is -2.13. The molecule has 0 aromatic heterocycles. The summed E-state index contributed by atoms with van der Waals surface area (Å²) in [6.07, 6.45) is 2.10. The van der Waals surface area contributed by atoms with Crippen molar-refractivity contribution in [2.75, 3.05) is 0 Å². The minimum Gasteiger partial charge on any atom is -0.125 e. The van der Waals surface area contributed by atoms with Crippen LogP contribution in [0, 0.1) is 5.41 Å². The highest BCUT2D eigenvalue weighted by molar-refractivity contribution is 5.25. The SMILES string of the molecule is CC1=C=CC1(C)C. The van der Waals surface area contributed by atoms with Crippen LogP contribution in [0.3, 0.4) is 0 Å². The summed E-state index contributed by atoms with van der Waals surface area (Å²) in [5.74, 6) is 0. The Balaban J connectivity index is 2.82. The zero-order valence-corrected chi connectivity index (χ0v) is 5.08. The lowest BCUT2D eigenvalue weighted by atomic mass is 9.79. The van der Waals surface area contributed by atoms with E-state index in [-0.39, 0.29) is 0 Å². The molecule has 0 unspecified atom stereocenters. The fraction of sp³-hybridized carbons (Fsp3) is 0.571. The molecular formula is C7H10. The maximum atomic E-state index is 3.09. The summed E-state index contributed by atoms with van der Waals surface area (Å²) >= 11 is 0. The summed E-state index contributed by atoms with van der Waals surface area (Å²) < 4.78 is 0. The topological polar surface area (TPSA) is 0 Å². The summed E-state index contributed by atoms with van der Waals surface area (Å²) in [6, 6.07) is 0. The first-order valence-corrected chi connectivity index (χ1v) is 2.58. The van der Waals surface area contributed by atoms with Crippen molar-refractivity contribution in [3.05, 3.63) is 17.4 Å². The maximum Gasteiger partial charge on any atom is 0.0182 e. The molecule has 0 amide bonds. The van der Waals surface area contributed by atoms with Crippen molar-refractivity contribution in [1.82, 2.24) is 0 Å². The van der Waals surface area contributed by atoms with Crippen LogP contribution in [0.1, 0.15) is 20.8 Å². The third-order valence-corrected chi connectivity index (χ3v) is 1.62. The van der Waals surface area contributed by atoms with Crippen molar-refractivity contribution in [3.63, 3.8) is 0 Å². The number of hydrogen-bond acceptors (Lipinski definition) is 0. The molecule has 0 N–H and O–H groups in total. The van der Waals surface area contributed by atoms with Crippen LogP contribution in [0.5, 0.6) is 0 Å². The summed E-state index contributed by atoms with van der Waals surface area (Å²) in [5.41, 5.74) is 4.82. The normalized spacial score (nSPS) is 23.6. The fourth-order valence-corrected chi connectivity index (χ4v) is 0.505. The molecule has 1 aliphatic carbocycles. The summed E-state index contributed by atoms with van der Waals surface area (Å²) in [4.78, 5) is 0. The molecule has 0 saturated heterocycles. The molecule has 0 heterocycles. The van der Waals surface area contributed by atoms with Gasteiger partial charge in [0.1, 0.15) is 0 Å². The van der Waals surface area contributed by atoms with E-state index in [9.17, 15) is 0 Å². The maximum absolute atomic E-state index is 3.09. The minimum atomic E-state index is 0.361. The van der Waals surface area contributed by atoms with Gasteiger partial charge in [0.2, 0.25) is 0 Å². The molecule has 0 aromatic carbocycles. The van der Waals surface area contributed by atoms with Crippen molar-refractivity contribution in [3.8, 4) is 0 Å². The van der Waals surface area contributed by atoms with Crippen molar-refractivity contribution >= 4 is 0 Å². The Morgan fingerprint density at radius 3 is 2.00 bits per heavy atom. The molecule has 0 saturated carbocycles. The molecule has 1 rings (SSSR count). The van der Waals surface area contributed by atoms with E-state index in [4.69, 9.17) is 0 Å². The smallest absolute Gasteiger partial charge is 0.0182 e. The van der Waals surface area contributed by atoms with Gasteiger partial charge in [0, 0.05) is 5.41 Å². The molecule has 0 bridgehead atoms. The Kier molecular flexibility index (Phi) is 0.680. The molecule has 1 aliphatic rings. The Bertz CT molecular complexity index is 143. The van der Waals surface area contributed by atoms with Crippen LogP contribution in [0.15, 0.2) is 17.4 Å². The summed E-state index contributed by atoms with van der Waals surface area (Å²) in [7, 11) is 0. The van der Waals surface area contributed by atoms with Gasteiger partial charge in [-0.15, -0.1) is 5.73 Å². The summed E-state index contributed by atoms with van der Waals surface area (Å²) in [6.45, 7) is 6.50. The van der Waals surface area contributed by atoms with Gasteiger partial charge in [-0.3, -0.25) is 0 Å². The van der Waals surface area contributed by atoms with E-state index in [1.165, 1.54) is 5.57 Å². The third-order valence-electron chi connectivity index (χ3n) is 1.62. The van der Waals surface area contributed by atoms with E-state index in [1.807, 2.05) is 0 Å². The van der Waals surface area contributed by atoms with Gasteiger partial charge in [-0.05, 0) is 18.6 Å². The van der Waals surface area contributed by atoms with Gasteiger partial charge in [-0.2, -0.15) is 0 Å². The lowest BCUT2D eigenvalue weighted by Gasteiger charge is -2.24. The van der Waals surface area contributed by atoms with Gasteiger partial charge in [-0.25, -0.2) is 0 Å². The first-order chi connectivity index (χ1) is 3.13. The van der Waals surface area contributed by atoms with Crippen LogP contribution < -0.4 is 0 Å². The van der Waals surface area contributed by atoms with E-state index in [0.717, 1.165) is 0 Å². The Hall–Kier alpha value is -0.480. The Morgan fingerprint density at radius 1 is 1.57 bits per heavy atom. The molecule has 0 heteroatoms. The standard InChI is InChI=1S/C7H10/c1-6-4-5-7(6,2)3/h5H,1-3H3. The molecule has 0 fully saturated rings.